The number of benzene rings is 1. The number of halogens is 1. The Morgan fingerprint density at radius 1 is 1.05 bits per heavy atom. The second-order valence-corrected chi connectivity index (χ2v) is 6.85. The number of oxazole rings is 1. The average Bonchev–Trinajstić information content (AvgIpc) is 2.76. The van der Waals surface area contributed by atoms with E-state index >= 15 is 0 Å². The summed E-state index contributed by atoms with van der Waals surface area (Å²) >= 11 is 2.23. The van der Waals surface area contributed by atoms with Gasteiger partial charge in [0.2, 0.25) is 0 Å². The van der Waals surface area contributed by atoms with E-state index in [0.29, 0.717) is 5.58 Å². The van der Waals surface area contributed by atoms with Gasteiger partial charge in [0.05, 0.1) is 5.52 Å². The highest BCUT2D eigenvalue weighted by Gasteiger charge is 2.08. The molecule has 0 fully saturated rings. The predicted octanol–water partition coefficient (Wildman–Crippen LogP) is 5.34. The summed E-state index contributed by atoms with van der Waals surface area (Å²) in [5, 5.41) is 0. The fourth-order valence-electron chi connectivity index (χ4n) is 2.66. The van der Waals surface area contributed by atoms with E-state index in [0.717, 1.165) is 22.1 Å². The quantitative estimate of drug-likeness (QED) is 0.420. The fourth-order valence-corrected chi connectivity index (χ4v) is 3.12. The Morgan fingerprint density at radius 3 is 2.43 bits per heavy atom. The predicted molar refractivity (Wildman–Crippen MR) is 95.8 cm³/mol. The normalized spacial score (nSPS) is 11.3. The second-order valence-electron chi connectivity index (χ2n) is 5.61. The third-order valence-electron chi connectivity index (χ3n) is 3.87. The second kappa shape index (κ2) is 8.61. The van der Waals surface area contributed by atoms with Gasteiger partial charge in [0.25, 0.3) is 0 Å². The molecule has 1 aromatic carbocycles. The summed E-state index contributed by atoms with van der Waals surface area (Å²) in [6.07, 6.45) is 10.2. The first kappa shape index (κ1) is 16.6. The zero-order valence-corrected chi connectivity index (χ0v) is 14.9. The van der Waals surface area contributed by atoms with E-state index in [-0.39, 0.29) is 5.76 Å². The van der Waals surface area contributed by atoms with E-state index in [1.807, 2.05) is 18.2 Å². The van der Waals surface area contributed by atoms with Crippen LogP contribution in [-0.2, 0) is 6.54 Å². The van der Waals surface area contributed by atoms with Gasteiger partial charge in [-0.2, -0.15) is 0 Å². The number of hydrogen-bond donors (Lipinski definition) is 0. The Hall–Kier alpha value is -0.780. The van der Waals surface area contributed by atoms with Gasteiger partial charge in [-0.25, -0.2) is 4.79 Å². The molecule has 0 atom stereocenters. The molecule has 1 heterocycles. The number of aryl methyl sites for hydroxylation is 1. The van der Waals surface area contributed by atoms with E-state index in [2.05, 4.69) is 29.5 Å². The zero-order valence-electron chi connectivity index (χ0n) is 12.7. The van der Waals surface area contributed by atoms with Gasteiger partial charge < -0.3 is 4.42 Å². The van der Waals surface area contributed by atoms with Gasteiger partial charge in [-0.1, -0.05) is 51.9 Å². The largest absolute Gasteiger partial charge is 0.419 e. The van der Waals surface area contributed by atoms with Crippen LogP contribution in [0.2, 0.25) is 0 Å². The summed E-state index contributed by atoms with van der Waals surface area (Å²) < 4.78 is 8.16. The van der Waals surface area contributed by atoms with Crippen LogP contribution in [0.15, 0.2) is 27.4 Å². The summed E-state index contributed by atoms with van der Waals surface area (Å²) in [6.45, 7) is 3.01. The summed E-state index contributed by atoms with van der Waals surface area (Å²) in [6, 6.07) is 5.91. The number of unbranched alkanes of at least 4 members (excludes halogenated alkanes) is 7. The van der Waals surface area contributed by atoms with Crippen molar-refractivity contribution in [1.82, 2.24) is 4.57 Å². The van der Waals surface area contributed by atoms with Gasteiger partial charge >= 0.3 is 5.76 Å². The fraction of sp³-hybridized carbons (Fsp3) is 0.588. The Bertz CT molecular complexity index is 615. The van der Waals surface area contributed by atoms with Crippen molar-refractivity contribution in [1.29, 1.82) is 0 Å². The minimum absolute atomic E-state index is 0.227. The van der Waals surface area contributed by atoms with Crippen LogP contribution in [0.3, 0.4) is 0 Å². The summed E-state index contributed by atoms with van der Waals surface area (Å²) in [5.74, 6) is -0.227. The molecule has 0 unspecified atom stereocenters. The number of nitrogens with zero attached hydrogens (tertiary/aromatic N) is 1. The van der Waals surface area contributed by atoms with Crippen molar-refractivity contribution in [3.8, 4) is 0 Å². The molecule has 116 valence electrons. The third-order valence-corrected chi connectivity index (χ3v) is 4.54. The van der Waals surface area contributed by atoms with E-state index in [1.54, 1.807) is 4.57 Å². The molecule has 0 bridgehead atoms. The topological polar surface area (TPSA) is 35.1 Å². The van der Waals surface area contributed by atoms with Crippen molar-refractivity contribution in [2.24, 2.45) is 0 Å². The lowest BCUT2D eigenvalue weighted by molar-refractivity contribution is 0.484. The number of aromatic nitrogens is 1. The van der Waals surface area contributed by atoms with Crippen LogP contribution in [0.4, 0.5) is 0 Å². The Balaban J connectivity index is 1.79. The van der Waals surface area contributed by atoms with Crippen LogP contribution < -0.4 is 5.76 Å². The molecule has 0 aliphatic heterocycles. The molecule has 21 heavy (non-hydrogen) atoms. The van der Waals surface area contributed by atoms with Gasteiger partial charge in [-0.15, -0.1) is 0 Å². The maximum absolute atomic E-state index is 11.9. The zero-order chi connectivity index (χ0) is 15.1. The van der Waals surface area contributed by atoms with Crippen LogP contribution in [0.5, 0.6) is 0 Å². The first-order valence-electron chi connectivity index (χ1n) is 8.01. The number of hydrogen-bond acceptors (Lipinski definition) is 2. The van der Waals surface area contributed by atoms with Crippen molar-refractivity contribution in [3.05, 3.63) is 32.3 Å². The molecule has 2 rings (SSSR count). The van der Waals surface area contributed by atoms with Gasteiger partial charge in [0.15, 0.2) is 5.58 Å². The third kappa shape index (κ3) is 4.87. The maximum atomic E-state index is 11.9. The molecule has 1 aromatic heterocycles. The van der Waals surface area contributed by atoms with Crippen molar-refractivity contribution in [3.63, 3.8) is 0 Å². The van der Waals surface area contributed by atoms with Crippen molar-refractivity contribution in [2.45, 2.75) is 64.8 Å². The summed E-state index contributed by atoms with van der Waals surface area (Å²) in [7, 11) is 0. The highest BCUT2D eigenvalue weighted by molar-refractivity contribution is 14.1. The van der Waals surface area contributed by atoms with Gasteiger partial charge in [-0.05, 0) is 47.2 Å². The van der Waals surface area contributed by atoms with E-state index in [4.69, 9.17) is 4.42 Å². The smallest absolute Gasteiger partial charge is 0.408 e. The molecule has 2 aromatic rings. The first-order chi connectivity index (χ1) is 10.2. The molecule has 0 saturated carbocycles. The molecule has 0 N–H and O–H groups in total. The van der Waals surface area contributed by atoms with Crippen molar-refractivity contribution < 1.29 is 4.42 Å². The molecular formula is C17H24INO2. The van der Waals surface area contributed by atoms with E-state index in [1.165, 1.54) is 44.9 Å². The van der Waals surface area contributed by atoms with Crippen molar-refractivity contribution >= 4 is 33.7 Å². The van der Waals surface area contributed by atoms with Crippen LogP contribution in [-0.4, -0.2) is 4.57 Å². The molecule has 0 saturated heterocycles. The standard InChI is InChI=1S/C17H24INO2/c1-2-3-4-5-6-7-8-9-12-19-15-11-10-14(18)13-16(15)21-17(19)20/h10-11,13H,2-9,12H2,1H3. The summed E-state index contributed by atoms with van der Waals surface area (Å²) in [4.78, 5) is 11.9. The van der Waals surface area contributed by atoms with Crippen molar-refractivity contribution in [2.75, 3.05) is 0 Å². The Kier molecular flexibility index (Phi) is 6.80. The van der Waals surface area contributed by atoms with Crippen LogP contribution in [0.25, 0.3) is 11.1 Å². The summed E-state index contributed by atoms with van der Waals surface area (Å²) in [5.41, 5.74) is 1.62. The SMILES string of the molecule is CCCCCCCCCCn1c(=O)oc2cc(I)ccc21. The molecular weight excluding hydrogens is 377 g/mol. The van der Waals surface area contributed by atoms with E-state index in [9.17, 15) is 4.79 Å². The number of fused-ring (bicyclic) bond motifs is 1. The lowest BCUT2D eigenvalue weighted by Gasteiger charge is -2.03. The lowest BCUT2D eigenvalue weighted by atomic mass is 10.1. The van der Waals surface area contributed by atoms with Gasteiger partial charge in [0.1, 0.15) is 0 Å². The minimum Gasteiger partial charge on any atom is -0.408 e. The molecule has 0 radical (unpaired) electrons. The monoisotopic (exact) mass is 401 g/mol. The minimum atomic E-state index is -0.227. The average molecular weight is 401 g/mol. The van der Waals surface area contributed by atoms with Crippen LogP contribution >= 0.6 is 22.6 Å². The molecule has 3 nitrogen and oxygen atoms in total. The molecule has 0 spiro atoms. The van der Waals surface area contributed by atoms with Crippen LogP contribution in [0.1, 0.15) is 58.3 Å². The maximum Gasteiger partial charge on any atom is 0.419 e. The van der Waals surface area contributed by atoms with Crippen LogP contribution in [0, 0.1) is 3.57 Å². The molecule has 0 amide bonds. The highest BCUT2D eigenvalue weighted by Crippen LogP contribution is 2.17. The molecule has 0 aliphatic carbocycles. The Morgan fingerprint density at radius 2 is 1.71 bits per heavy atom. The van der Waals surface area contributed by atoms with Gasteiger partial charge in [0, 0.05) is 10.1 Å². The lowest BCUT2D eigenvalue weighted by Crippen LogP contribution is -2.14. The highest BCUT2D eigenvalue weighted by atomic mass is 127. The van der Waals surface area contributed by atoms with Gasteiger partial charge in [-0.3, -0.25) is 4.57 Å². The first-order valence-corrected chi connectivity index (χ1v) is 9.09. The molecule has 4 heteroatoms. The van der Waals surface area contributed by atoms with E-state index < -0.39 is 0 Å². The molecule has 0 aliphatic rings. The number of rotatable bonds is 9. The Labute approximate surface area is 139 Å².